The van der Waals surface area contributed by atoms with E-state index in [-0.39, 0.29) is 10.8 Å². The Morgan fingerprint density at radius 2 is 1.80 bits per heavy atom. The summed E-state index contributed by atoms with van der Waals surface area (Å²) in [7, 11) is 0. The maximum atomic E-state index is 5.94. The van der Waals surface area contributed by atoms with E-state index in [9.17, 15) is 0 Å². The van der Waals surface area contributed by atoms with Crippen molar-refractivity contribution in [3.63, 3.8) is 0 Å². The van der Waals surface area contributed by atoms with Crippen molar-refractivity contribution in [2.24, 2.45) is 0 Å². The lowest BCUT2D eigenvalue weighted by molar-refractivity contribution is 0.498. The van der Waals surface area contributed by atoms with Gasteiger partial charge in [-0.15, -0.1) is 16.4 Å². The third-order valence-corrected chi connectivity index (χ3v) is 4.29. The summed E-state index contributed by atoms with van der Waals surface area (Å²) >= 11 is 1.69. The number of nitrogens with two attached hydrogens (primary N) is 1. The van der Waals surface area contributed by atoms with Crippen molar-refractivity contribution in [2.75, 3.05) is 5.73 Å². The van der Waals surface area contributed by atoms with E-state index in [0.717, 1.165) is 16.4 Å². The van der Waals surface area contributed by atoms with Crippen LogP contribution >= 0.6 is 11.3 Å². The summed E-state index contributed by atoms with van der Waals surface area (Å²) in [5.74, 6) is 0.503. The highest BCUT2D eigenvalue weighted by Crippen LogP contribution is 2.28. The average Bonchev–Trinajstić information content (AvgIpc) is 2.84. The highest BCUT2D eigenvalue weighted by atomic mass is 32.1. The first-order valence-corrected chi connectivity index (χ1v) is 7.61. The minimum absolute atomic E-state index is 0.0805. The number of thiazole rings is 1. The van der Waals surface area contributed by atoms with Gasteiger partial charge in [0.1, 0.15) is 0 Å². The van der Waals surface area contributed by atoms with Gasteiger partial charge < -0.3 is 5.73 Å². The second kappa shape index (κ2) is 4.84. The van der Waals surface area contributed by atoms with Crippen LogP contribution in [0.5, 0.6) is 0 Å². The zero-order chi connectivity index (χ0) is 15.1. The first kappa shape index (κ1) is 15.0. The summed E-state index contributed by atoms with van der Waals surface area (Å²) in [5.41, 5.74) is 7.91. The fourth-order valence-electron chi connectivity index (χ4n) is 2.09. The number of aromatic nitrogens is 4. The molecule has 0 amide bonds. The van der Waals surface area contributed by atoms with Gasteiger partial charge in [0.2, 0.25) is 0 Å². The van der Waals surface area contributed by atoms with E-state index in [1.807, 2.05) is 4.68 Å². The van der Waals surface area contributed by atoms with Crippen molar-refractivity contribution in [2.45, 2.75) is 58.9 Å². The lowest BCUT2D eigenvalue weighted by Crippen LogP contribution is -2.20. The molecule has 2 rings (SSSR count). The highest BCUT2D eigenvalue weighted by molar-refractivity contribution is 7.09. The van der Waals surface area contributed by atoms with Crippen molar-refractivity contribution in [1.82, 2.24) is 20.0 Å². The Hall–Kier alpha value is -1.43. The molecule has 0 aliphatic carbocycles. The lowest BCUT2D eigenvalue weighted by Gasteiger charge is -2.19. The Labute approximate surface area is 124 Å². The van der Waals surface area contributed by atoms with E-state index in [2.05, 4.69) is 57.2 Å². The Balaban J connectivity index is 2.30. The molecule has 0 saturated carbocycles. The van der Waals surface area contributed by atoms with Crippen LogP contribution in [0.2, 0.25) is 0 Å². The van der Waals surface area contributed by atoms with Crippen LogP contribution in [0.4, 0.5) is 5.82 Å². The van der Waals surface area contributed by atoms with Gasteiger partial charge in [-0.1, -0.05) is 46.8 Å². The maximum absolute atomic E-state index is 5.94. The summed E-state index contributed by atoms with van der Waals surface area (Å²) < 4.78 is 1.86. The van der Waals surface area contributed by atoms with E-state index >= 15 is 0 Å². The number of nitrogens with zero attached hydrogens (tertiary/aromatic N) is 4. The number of hydrogen-bond acceptors (Lipinski definition) is 5. The molecular weight excluding hydrogens is 270 g/mol. The van der Waals surface area contributed by atoms with Crippen molar-refractivity contribution >= 4 is 17.2 Å². The molecule has 0 aliphatic rings. The van der Waals surface area contributed by atoms with Crippen LogP contribution in [-0.2, 0) is 17.4 Å². The molecule has 0 aliphatic heterocycles. The maximum Gasteiger partial charge on any atom is 0.169 e. The fraction of sp³-hybridized carbons (Fsp3) is 0.643. The minimum atomic E-state index is -0.0868. The molecule has 0 bridgehead atoms. The van der Waals surface area contributed by atoms with Crippen LogP contribution in [0.3, 0.4) is 0 Å². The Morgan fingerprint density at radius 3 is 2.30 bits per heavy atom. The summed E-state index contributed by atoms with van der Waals surface area (Å²) in [6.45, 7) is 13.5. The largest absolute Gasteiger partial charge is 0.381 e. The Bertz CT molecular complexity index is 598. The van der Waals surface area contributed by atoms with Crippen molar-refractivity contribution < 1.29 is 0 Å². The summed E-state index contributed by atoms with van der Waals surface area (Å²) in [5, 5.41) is 11.4. The molecule has 2 heterocycles. The smallest absolute Gasteiger partial charge is 0.169 e. The topological polar surface area (TPSA) is 69.6 Å². The summed E-state index contributed by atoms with van der Waals surface area (Å²) in [6, 6.07) is 0. The standard InChI is InChI=1S/C14H23N5S/c1-13(2,3)10-11(15)17-18-19(10)7-9-8-20-12(16-9)14(4,5)6/h8H,7,15H2,1-6H3. The predicted octanol–water partition coefficient (Wildman–Crippen LogP) is 2.96. The zero-order valence-electron chi connectivity index (χ0n) is 13.1. The monoisotopic (exact) mass is 293 g/mol. The Morgan fingerprint density at radius 1 is 1.15 bits per heavy atom. The fourth-order valence-corrected chi connectivity index (χ4v) is 2.98. The summed E-state index contributed by atoms with van der Waals surface area (Å²) in [4.78, 5) is 4.70. The van der Waals surface area contributed by atoms with E-state index < -0.39 is 0 Å². The molecule has 20 heavy (non-hydrogen) atoms. The van der Waals surface area contributed by atoms with Crippen molar-refractivity contribution in [3.05, 3.63) is 21.8 Å². The third kappa shape index (κ3) is 3.00. The molecule has 2 N–H and O–H groups in total. The molecule has 6 heteroatoms. The van der Waals surface area contributed by atoms with Gasteiger partial charge in [-0.3, -0.25) is 0 Å². The van der Waals surface area contributed by atoms with Gasteiger partial charge in [0.25, 0.3) is 0 Å². The third-order valence-electron chi connectivity index (χ3n) is 2.98. The van der Waals surface area contributed by atoms with Crippen LogP contribution in [-0.4, -0.2) is 20.0 Å². The van der Waals surface area contributed by atoms with Gasteiger partial charge in [-0.05, 0) is 0 Å². The van der Waals surface area contributed by atoms with Crippen LogP contribution < -0.4 is 5.73 Å². The Kier molecular flexibility index (Phi) is 3.62. The van der Waals surface area contributed by atoms with Gasteiger partial charge in [-0.25, -0.2) is 9.67 Å². The molecule has 0 aromatic carbocycles. The van der Waals surface area contributed by atoms with E-state index in [1.54, 1.807) is 11.3 Å². The van der Waals surface area contributed by atoms with Crippen molar-refractivity contribution in [3.8, 4) is 0 Å². The molecule has 110 valence electrons. The van der Waals surface area contributed by atoms with Gasteiger partial charge in [0.05, 0.1) is 22.9 Å². The van der Waals surface area contributed by atoms with Crippen LogP contribution in [0.15, 0.2) is 5.38 Å². The molecule has 2 aromatic rings. The molecule has 0 saturated heterocycles. The molecular formula is C14H23N5S. The number of hydrogen-bond donors (Lipinski definition) is 1. The van der Waals surface area contributed by atoms with Crippen LogP contribution in [0, 0.1) is 0 Å². The SMILES string of the molecule is CC(C)(C)c1nc(Cn2nnc(N)c2C(C)(C)C)cs1. The molecule has 0 fully saturated rings. The number of rotatable bonds is 2. The van der Waals surface area contributed by atoms with Crippen LogP contribution in [0.25, 0.3) is 0 Å². The summed E-state index contributed by atoms with van der Waals surface area (Å²) in [6.07, 6.45) is 0. The average molecular weight is 293 g/mol. The molecule has 0 atom stereocenters. The normalized spacial score (nSPS) is 12.9. The van der Waals surface area contributed by atoms with Gasteiger partial charge in [0, 0.05) is 16.2 Å². The first-order valence-electron chi connectivity index (χ1n) is 6.73. The molecule has 5 nitrogen and oxygen atoms in total. The van der Waals surface area contributed by atoms with E-state index in [1.165, 1.54) is 0 Å². The highest BCUT2D eigenvalue weighted by Gasteiger charge is 2.25. The van der Waals surface area contributed by atoms with Gasteiger partial charge >= 0.3 is 0 Å². The van der Waals surface area contributed by atoms with E-state index in [0.29, 0.717) is 12.4 Å². The minimum Gasteiger partial charge on any atom is -0.381 e. The lowest BCUT2D eigenvalue weighted by atomic mass is 9.92. The number of anilines is 1. The van der Waals surface area contributed by atoms with Gasteiger partial charge in [-0.2, -0.15) is 0 Å². The zero-order valence-corrected chi connectivity index (χ0v) is 13.9. The number of nitrogen functional groups attached to an aromatic ring is 1. The molecule has 0 spiro atoms. The van der Waals surface area contributed by atoms with Gasteiger partial charge in [0.15, 0.2) is 5.82 Å². The predicted molar refractivity (Wildman–Crippen MR) is 83.1 cm³/mol. The first-order chi connectivity index (χ1) is 9.09. The molecule has 0 unspecified atom stereocenters. The molecule has 0 radical (unpaired) electrons. The second-order valence-electron chi connectivity index (χ2n) is 7.12. The van der Waals surface area contributed by atoms with E-state index in [4.69, 9.17) is 10.7 Å². The van der Waals surface area contributed by atoms with Crippen molar-refractivity contribution in [1.29, 1.82) is 0 Å². The van der Waals surface area contributed by atoms with Crippen LogP contribution in [0.1, 0.15) is 57.9 Å². The quantitative estimate of drug-likeness (QED) is 0.924. The molecule has 2 aromatic heterocycles. The second-order valence-corrected chi connectivity index (χ2v) is 7.98.